The van der Waals surface area contributed by atoms with E-state index in [4.69, 9.17) is 4.74 Å². The zero-order valence-electron chi connectivity index (χ0n) is 12.7. The minimum Gasteiger partial charge on any atom is -0.487 e. The molecule has 0 atom stereocenters. The Kier molecular flexibility index (Phi) is 5.67. The van der Waals surface area contributed by atoms with Crippen LogP contribution in [0.15, 0.2) is 36.4 Å². The topological polar surface area (TPSA) is 41.6 Å². The lowest BCUT2D eigenvalue weighted by Gasteiger charge is -2.27. The second-order valence-electron chi connectivity index (χ2n) is 5.54. The van der Waals surface area contributed by atoms with Crippen LogP contribution in [0.3, 0.4) is 0 Å². The predicted molar refractivity (Wildman–Crippen MR) is 85.7 cm³/mol. The Labute approximate surface area is 126 Å². The molecule has 0 aliphatic carbocycles. The smallest absolute Gasteiger partial charge is 0.241 e. The van der Waals surface area contributed by atoms with Gasteiger partial charge in [-0.15, -0.1) is 0 Å². The second kappa shape index (κ2) is 7.72. The Morgan fingerprint density at radius 1 is 1.29 bits per heavy atom. The van der Waals surface area contributed by atoms with E-state index in [9.17, 15) is 4.79 Å². The number of hydrogen-bond donors (Lipinski definition) is 1. The van der Waals surface area contributed by atoms with Gasteiger partial charge < -0.3 is 15.0 Å². The number of nitrogens with zero attached hydrogens (tertiary/aromatic N) is 1. The summed E-state index contributed by atoms with van der Waals surface area (Å²) in [7, 11) is 0. The highest BCUT2D eigenvalue weighted by atomic mass is 16.5. The first-order valence-corrected chi connectivity index (χ1v) is 7.54. The number of anilines is 1. The first kappa shape index (κ1) is 15.4. The summed E-state index contributed by atoms with van der Waals surface area (Å²) in [5.41, 5.74) is 1.82. The van der Waals surface area contributed by atoms with Crippen LogP contribution in [0.2, 0.25) is 0 Å². The van der Waals surface area contributed by atoms with Crippen molar-refractivity contribution in [3.63, 3.8) is 0 Å². The van der Waals surface area contributed by atoms with E-state index in [1.807, 2.05) is 36.1 Å². The quantitative estimate of drug-likeness (QED) is 0.818. The van der Waals surface area contributed by atoms with E-state index in [2.05, 4.69) is 11.9 Å². The van der Waals surface area contributed by atoms with Gasteiger partial charge in [0.25, 0.3) is 0 Å². The molecule has 1 aromatic carbocycles. The van der Waals surface area contributed by atoms with E-state index in [-0.39, 0.29) is 5.91 Å². The van der Waals surface area contributed by atoms with Crippen molar-refractivity contribution in [2.75, 3.05) is 31.6 Å². The summed E-state index contributed by atoms with van der Waals surface area (Å²) in [5.74, 6) is 0.913. The molecular weight excluding hydrogens is 264 g/mol. The van der Waals surface area contributed by atoms with Crippen LogP contribution in [0, 0.1) is 0 Å². The van der Waals surface area contributed by atoms with Crippen molar-refractivity contribution in [3.05, 3.63) is 36.4 Å². The van der Waals surface area contributed by atoms with Crippen molar-refractivity contribution in [2.45, 2.75) is 26.2 Å². The molecule has 0 aromatic heterocycles. The maximum absolute atomic E-state index is 12.2. The van der Waals surface area contributed by atoms with Crippen LogP contribution in [0.4, 0.5) is 5.69 Å². The highest BCUT2D eigenvalue weighted by Gasteiger charge is 2.16. The molecule has 1 amide bonds. The van der Waals surface area contributed by atoms with Gasteiger partial charge in [-0.3, -0.25) is 4.79 Å². The number of hydrogen-bond acceptors (Lipinski definition) is 3. The molecule has 1 aliphatic heterocycles. The van der Waals surface area contributed by atoms with Gasteiger partial charge in [0, 0.05) is 13.1 Å². The van der Waals surface area contributed by atoms with E-state index in [0.29, 0.717) is 13.2 Å². The number of carbonyl (C=O) groups excluding carboxylic acids is 1. The average Bonchev–Trinajstić information content (AvgIpc) is 2.52. The maximum Gasteiger partial charge on any atom is 0.241 e. The SMILES string of the molecule is C=C(C)COc1ccccc1NCC(=O)N1CCCCC1. The number of ether oxygens (including phenoxy) is 1. The number of carbonyl (C=O) groups is 1. The van der Waals surface area contributed by atoms with Crippen LogP contribution in [0.25, 0.3) is 0 Å². The molecule has 0 unspecified atom stereocenters. The molecule has 4 heteroatoms. The fourth-order valence-electron chi connectivity index (χ4n) is 2.37. The van der Waals surface area contributed by atoms with Crippen LogP contribution >= 0.6 is 0 Å². The molecule has 2 rings (SSSR count). The van der Waals surface area contributed by atoms with Crippen molar-refractivity contribution in [3.8, 4) is 5.75 Å². The maximum atomic E-state index is 12.2. The number of likely N-dealkylation sites (tertiary alicyclic amines) is 1. The van der Waals surface area contributed by atoms with Crippen LogP contribution < -0.4 is 10.1 Å². The van der Waals surface area contributed by atoms with Crippen molar-refractivity contribution in [1.29, 1.82) is 0 Å². The van der Waals surface area contributed by atoms with Gasteiger partial charge in [0.05, 0.1) is 12.2 Å². The van der Waals surface area contributed by atoms with Crippen LogP contribution in [0.1, 0.15) is 26.2 Å². The van der Waals surface area contributed by atoms with E-state index in [1.54, 1.807) is 0 Å². The van der Waals surface area contributed by atoms with Gasteiger partial charge in [0.15, 0.2) is 0 Å². The first-order chi connectivity index (χ1) is 10.2. The monoisotopic (exact) mass is 288 g/mol. The third-order valence-electron chi connectivity index (χ3n) is 3.50. The van der Waals surface area contributed by atoms with E-state index in [1.165, 1.54) is 6.42 Å². The third-order valence-corrected chi connectivity index (χ3v) is 3.50. The number of piperidine rings is 1. The highest BCUT2D eigenvalue weighted by Crippen LogP contribution is 2.24. The summed E-state index contributed by atoms with van der Waals surface area (Å²) < 4.78 is 5.69. The van der Waals surface area contributed by atoms with E-state index in [0.717, 1.165) is 42.9 Å². The Balaban J connectivity index is 1.89. The molecule has 1 heterocycles. The Morgan fingerprint density at radius 2 is 2.00 bits per heavy atom. The number of benzene rings is 1. The van der Waals surface area contributed by atoms with Gasteiger partial charge in [-0.2, -0.15) is 0 Å². The molecule has 114 valence electrons. The van der Waals surface area contributed by atoms with Crippen LogP contribution in [-0.2, 0) is 4.79 Å². The lowest BCUT2D eigenvalue weighted by atomic mass is 10.1. The van der Waals surface area contributed by atoms with Crippen molar-refractivity contribution >= 4 is 11.6 Å². The summed E-state index contributed by atoms with van der Waals surface area (Å²) >= 11 is 0. The molecule has 1 aliphatic rings. The fraction of sp³-hybridized carbons (Fsp3) is 0.471. The zero-order valence-corrected chi connectivity index (χ0v) is 12.7. The Bertz CT molecular complexity index is 493. The molecule has 0 saturated carbocycles. The van der Waals surface area contributed by atoms with Gasteiger partial charge >= 0.3 is 0 Å². The Morgan fingerprint density at radius 3 is 2.71 bits per heavy atom. The normalized spacial score (nSPS) is 14.6. The van der Waals surface area contributed by atoms with Crippen molar-refractivity contribution in [1.82, 2.24) is 4.90 Å². The number of para-hydroxylation sites is 2. The first-order valence-electron chi connectivity index (χ1n) is 7.54. The number of nitrogens with one attached hydrogen (secondary N) is 1. The average molecular weight is 288 g/mol. The summed E-state index contributed by atoms with van der Waals surface area (Å²) in [6.07, 6.45) is 3.46. The molecule has 1 saturated heterocycles. The highest BCUT2D eigenvalue weighted by molar-refractivity contribution is 5.81. The minimum absolute atomic E-state index is 0.157. The molecule has 1 N–H and O–H groups in total. The van der Waals surface area contributed by atoms with Crippen molar-refractivity contribution in [2.24, 2.45) is 0 Å². The van der Waals surface area contributed by atoms with Gasteiger partial charge in [0.1, 0.15) is 12.4 Å². The summed E-state index contributed by atoms with van der Waals surface area (Å²) in [6.45, 7) is 8.32. The van der Waals surface area contributed by atoms with E-state index >= 15 is 0 Å². The summed E-state index contributed by atoms with van der Waals surface area (Å²) in [5, 5.41) is 3.19. The van der Waals surface area contributed by atoms with Gasteiger partial charge in [-0.25, -0.2) is 0 Å². The lowest BCUT2D eigenvalue weighted by molar-refractivity contribution is -0.130. The Hall–Kier alpha value is -1.97. The largest absolute Gasteiger partial charge is 0.487 e. The van der Waals surface area contributed by atoms with Crippen LogP contribution in [-0.4, -0.2) is 37.0 Å². The van der Waals surface area contributed by atoms with Gasteiger partial charge in [0.2, 0.25) is 5.91 Å². The number of amides is 1. The van der Waals surface area contributed by atoms with Crippen LogP contribution in [0.5, 0.6) is 5.75 Å². The molecule has 0 bridgehead atoms. The molecule has 0 spiro atoms. The minimum atomic E-state index is 0.157. The molecule has 0 radical (unpaired) electrons. The second-order valence-corrected chi connectivity index (χ2v) is 5.54. The summed E-state index contributed by atoms with van der Waals surface area (Å²) in [4.78, 5) is 14.1. The molecule has 1 fully saturated rings. The fourth-order valence-corrected chi connectivity index (χ4v) is 2.37. The zero-order chi connectivity index (χ0) is 15.1. The molecule has 21 heavy (non-hydrogen) atoms. The summed E-state index contributed by atoms with van der Waals surface area (Å²) in [6, 6.07) is 7.68. The predicted octanol–water partition coefficient (Wildman–Crippen LogP) is 3.07. The lowest BCUT2D eigenvalue weighted by Crippen LogP contribution is -2.39. The standard InChI is InChI=1S/C17H24N2O2/c1-14(2)13-21-16-9-5-4-8-15(16)18-12-17(20)19-10-6-3-7-11-19/h4-5,8-9,18H,1,3,6-7,10-13H2,2H3. The van der Waals surface area contributed by atoms with Crippen molar-refractivity contribution < 1.29 is 9.53 Å². The molecule has 1 aromatic rings. The van der Waals surface area contributed by atoms with Gasteiger partial charge in [-0.05, 0) is 43.9 Å². The molecular formula is C17H24N2O2. The third kappa shape index (κ3) is 4.81. The molecule has 4 nitrogen and oxygen atoms in total. The van der Waals surface area contributed by atoms with Gasteiger partial charge in [-0.1, -0.05) is 18.7 Å². The van der Waals surface area contributed by atoms with E-state index < -0.39 is 0 Å². The number of rotatable bonds is 6.